The third-order valence-corrected chi connectivity index (χ3v) is 2.70. The molecular weight excluding hydrogens is 271 g/mol. The zero-order chi connectivity index (χ0) is 15.3. The highest BCUT2D eigenvalue weighted by Crippen LogP contribution is 2.31. The average Bonchev–Trinajstić information content (AvgIpc) is 2.37. The maximum Gasteiger partial charge on any atom is 0.338 e. The Morgan fingerprint density at radius 2 is 2.10 bits per heavy atom. The Morgan fingerprint density at radius 3 is 2.55 bits per heavy atom. The van der Waals surface area contributed by atoms with E-state index in [1.807, 2.05) is 6.92 Å². The number of hydrogen-bond donors (Lipinski definition) is 2. The Morgan fingerprint density at radius 1 is 1.45 bits per heavy atom. The number of carbonyl (C=O) groups is 1. The van der Waals surface area contributed by atoms with Crippen molar-refractivity contribution in [3.63, 3.8) is 0 Å². The van der Waals surface area contributed by atoms with E-state index in [9.17, 15) is 19.3 Å². The molecule has 0 unspecified atom stereocenters. The number of nitrogens with zero attached hydrogens (tertiary/aromatic N) is 2. The SMILES string of the molecule is CCCN(CCO)c1cc(F)c(C(=O)O)cc1[N+](=O)[O-]. The summed E-state index contributed by atoms with van der Waals surface area (Å²) in [6, 6.07) is 1.53. The average molecular weight is 286 g/mol. The normalized spacial score (nSPS) is 10.3. The van der Waals surface area contributed by atoms with Crippen molar-refractivity contribution >= 4 is 17.3 Å². The van der Waals surface area contributed by atoms with Crippen LogP contribution in [0.5, 0.6) is 0 Å². The van der Waals surface area contributed by atoms with E-state index in [-0.39, 0.29) is 18.8 Å². The van der Waals surface area contributed by atoms with Crippen molar-refractivity contribution in [2.45, 2.75) is 13.3 Å². The summed E-state index contributed by atoms with van der Waals surface area (Å²) in [4.78, 5) is 22.5. The van der Waals surface area contributed by atoms with Crippen LogP contribution < -0.4 is 4.90 Å². The van der Waals surface area contributed by atoms with Crippen LogP contribution in [0.1, 0.15) is 23.7 Å². The van der Waals surface area contributed by atoms with Crippen LogP contribution in [0, 0.1) is 15.9 Å². The minimum Gasteiger partial charge on any atom is -0.478 e. The number of nitro groups is 1. The Balaban J connectivity index is 3.39. The lowest BCUT2D eigenvalue weighted by molar-refractivity contribution is -0.384. The second-order valence-corrected chi connectivity index (χ2v) is 4.09. The first-order chi connectivity index (χ1) is 9.42. The molecule has 110 valence electrons. The van der Waals surface area contributed by atoms with Gasteiger partial charge < -0.3 is 15.1 Å². The molecule has 1 aromatic rings. The molecule has 0 aliphatic heterocycles. The van der Waals surface area contributed by atoms with Crippen molar-refractivity contribution < 1.29 is 24.3 Å². The third kappa shape index (κ3) is 3.41. The molecule has 7 nitrogen and oxygen atoms in total. The number of aliphatic hydroxyl groups excluding tert-OH is 1. The Labute approximate surface area is 114 Å². The van der Waals surface area contributed by atoms with Gasteiger partial charge in [-0.3, -0.25) is 10.1 Å². The molecular formula is C12H15FN2O5. The molecule has 0 fully saturated rings. The van der Waals surface area contributed by atoms with E-state index < -0.39 is 28.0 Å². The van der Waals surface area contributed by atoms with Crippen LogP contribution in [0.2, 0.25) is 0 Å². The van der Waals surface area contributed by atoms with Gasteiger partial charge in [0.25, 0.3) is 5.69 Å². The van der Waals surface area contributed by atoms with Gasteiger partial charge in [-0.1, -0.05) is 6.92 Å². The molecule has 0 amide bonds. The molecule has 0 saturated carbocycles. The van der Waals surface area contributed by atoms with E-state index in [4.69, 9.17) is 10.2 Å². The summed E-state index contributed by atoms with van der Waals surface area (Å²) in [5, 5.41) is 28.8. The van der Waals surface area contributed by atoms with E-state index >= 15 is 0 Å². The molecule has 0 radical (unpaired) electrons. The first kappa shape index (κ1) is 15.8. The molecule has 2 N–H and O–H groups in total. The van der Waals surface area contributed by atoms with Crippen molar-refractivity contribution in [1.82, 2.24) is 0 Å². The zero-order valence-corrected chi connectivity index (χ0v) is 10.9. The van der Waals surface area contributed by atoms with Crippen LogP contribution in [0.4, 0.5) is 15.8 Å². The number of nitro benzene ring substituents is 1. The number of benzene rings is 1. The molecule has 8 heteroatoms. The number of carboxylic acid groups (broad SMARTS) is 1. The van der Waals surface area contributed by atoms with Gasteiger partial charge in [-0.2, -0.15) is 0 Å². The molecule has 0 aromatic heterocycles. The zero-order valence-electron chi connectivity index (χ0n) is 10.9. The predicted molar refractivity (Wildman–Crippen MR) is 69.6 cm³/mol. The number of anilines is 1. The molecule has 0 aliphatic carbocycles. The molecule has 20 heavy (non-hydrogen) atoms. The summed E-state index contributed by atoms with van der Waals surface area (Å²) in [6.45, 7) is 2.06. The van der Waals surface area contributed by atoms with E-state index in [2.05, 4.69) is 0 Å². The summed E-state index contributed by atoms with van der Waals surface area (Å²) in [7, 11) is 0. The van der Waals surface area contributed by atoms with Crippen molar-refractivity contribution in [2.75, 3.05) is 24.6 Å². The van der Waals surface area contributed by atoms with Gasteiger partial charge in [0.15, 0.2) is 0 Å². The minimum absolute atomic E-state index is 0.0339. The number of aliphatic hydroxyl groups is 1. The molecule has 1 rings (SSSR count). The molecule has 1 aromatic carbocycles. The maximum atomic E-state index is 13.7. The predicted octanol–water partition coefficient (Wildman–Crippen LogP) is 1.64. The third-order valence-electron chi connectivity index (χ3n) is 2.70. The highest BCUT2D eigenvalue weighted by atomic mass is 19.1. The number of halogens is 1. The molecule has 0 aliphatic rings. The van der Waals surface area contributed by atoms with E-state index in [1.165, 1.54) is 4.90 Å². The van der Waals surface area contributed by atoms with Gasteiger partial charge in [0.1, 0.15) is 17.1 Å². The Hall–Kier alpha value is -2.22. The number of hydrogen-bond acceptors (Lipinski definition) is 5. The van der Waals surface area contributed by atoms with Crippen molar-refractivity contribution in [3.05, 3.63) is 33.6 Å². The first-order valence-corrected chi connectivity index (χ1v) is 5.99. The summed E-state index contributed by atoms with van der Waals surface area (Å²) in [6.07, 6.45) is 0.638. The van der Waals surface area contributed by atoms with Gasteiger partial charge >= 0.3 is 5.97 Å². The van der Waals surface area contributed by atoms with E-state index in [0.29, 0.717) is 19.0 Å². The standard InChI is InChI=1S/C12H15FN2O5/c1-2-3-14(4-5-16)10-7-9(13)8(12(17)18)6-11(10)15(19)20/h6-7,16H,2-5H2,1H3,(H,17,18). The summed E-state index contributed by atoms with van der Waals surface area (Å²) < 4.78 is 13.7. The molecule has 0 bridgehead atoms. The van der Waals surface area contributed by atoms with Crippen molar-refractivity contribution in [2.24, 2.45) is 0 Å². The number of rotatable bonds is 7. The Kier molecular flexibility index (Phi) is 5.39. The monoisotopic (exact) mass is 286 g/mol. The van der Waals surface area contributed by atoms with Crippen LogP contribution in [-0.4, -0.2) is 40.8 Å². The van der Waals surface area contributed by atoms with Crippen molar-refractivity contribution in [1.29, 1.82) is 0 Å². The Bertz CT molecular complexity index is 515. The number of carboxylic acids is 1. The molecule has 0 atom stereocenters. The minimum atomic E-state index is -1.57. The topological polar surface area (TPSA) is 104 Å². The fourth-order valence-electron chi connectivity index (χ4n) is 1.86. The second kappa shape index (κ2) is 6.80. The highest BCUT2D eigenvalue weighted by Gasteiger charge is 2.24. The van der Waals surface area contributed by atoms with Gasteiger partial charge in [0, 0.05) is 25.2 Å². The van der Waals surface area contributed by atoms with E-state index in [0.717, 1.165) is 6.07 Å². The molecule has 0 heterocycles. The summed E-state index contributed by atoms with van der Waals surface area (Å²) >= 11 is 0. The molecule has 0 saturated heterocycles. The van der Waals surface area contributed by atoms with Gasteiger partial charge in [-0.15, -0.1) is 0 Å². The van der Waals surface area contributed by atoms with Crippen LogP contribution >= 0.6 is 0 Å². The van der Waals surface area contributed by atoms with Gasteiger partial charge in [-0.05, 0) is 6.42 Å². The maximum absolute atomic E-state index is 13.7. The molecule has 0 spiro atoms. The van der Waals surface area contributed by atoms with Gasteiger partial charge in [0.2, 0.25) is 0 Å². The highest BCUT2D eigenvalue weighted by molar-refractivity contribution is 5.90. The lowest BCUT2D eigenvalue weighted by Crippen LogP contribution is -2.28. The largest absolute Gasteiger partial charge is 0.478 e. The van der Waals surface area contributed by atoms with E-state index in [1.54, 1.807) is 0 Å². The van der Waals surface area contributed by atoms with Crippen molar-refractivity contribution in [3.8, 4) is 0 Å². The summed E-state index contributed by atoms with van der Waals surface area (Å²) in [5.41, 5.74) is -1.28. The lowest BCUT2D eigenvalue weighted by atomic mass is 10.1. The lowest BCUT2D eigenvalue weighted by Gasteiger charge is -2.23. The van der Waals surface area contributed by atoms with Crippen LogP contribution in [0.3, 0.4) is 0 Å². The second-order valence-electron chi connectivity index (χ2n) is 4.09. The van der Waals surface area contributed by atoms with Gasteiger partial charge in [-0.25, -0.2) is 9.18 Å². The van der Waals surface area contributed by atoms with Gasteiger partial charge in [0.05, 0.1) is 11.5 Å². The quantitative estimate of drug-likeness (QED) is 0.583. The van der Waals surface area contributed by atoms with Crippen LogP contribution in [-0.2, 0) is 0 Å². The van der Waals surface area contributed by atoms with Crippen LogP contribution in [0.15, 0.2) is 12.1 Å². The summed E-state index contributed by atoms with van der Waals surface area (Å²) in [5.74, 6) is -2.61. The smallest absolute Gasteiger partial charge is 0.338 e. The first-order valence-electron chi connectivity index (χ1n) is 5.99. The number of aromatic carboxylic acids is 1. The van der Waals surface area contributed by atoms with Crippen LogP contribution in [0.25, 0.3) is 0 Å². The fraction of sp³-hybridized carbons (Fsp3) is 0.417. The fourth-order valence-corrected chi connectivity index (χ4v) is 1.86.